The van der Waals surface area contributed by atoms with Gasteiger partial charge >= 0.3 is 6.03 Å². The highest BCUT2D eigenvalue weighted by atomic mass is 16.3. The van der Waals surface area contributed by atoms with Crippen LogP contribution in [0.15, 0.2) is 30.3 Å². The second kappa shape index (κ2) is 6.19. The van der Waals surface area contributed by atoms with E-state index in [1.807, 2.05) is 44.2 Å². The van der Waals surface area contributed by atoms with Gasteiger partial charge in [0.1, 0.15) is 0 Å². The molecule has 3 N–H and O–H groups in total. The van der Waals surface area contributed by atoms with E-state index in [0.717, 1.165) is 17.1 Å². The highest BCUT2D eigenvalue weighted by Crippen LogP contribution is 2.22. The number of carbonyl (C=O) groups is 1. The van der Waals surface area contributed by atoms with Gasteiger partial charge in [0, 0.05) is 0 Å². The van der Waals surface area contributed by atoms with Crippen molar-refractivity contribution in [1.82, 2.24) is 15.1 Å². The molecule has 0 unspecified atom stereocenters. The van der Waals surface area contributed by atoms with Crippen molar-refractivity contribution in [2.75, 3.05) is 11.9 Å². The highest BCUT2D eigenvalue weighted by Gasteiger charge is 2.21. The molecule has 1 aromatic heterocycles. The van der Waals surface area contributed by atoms with Crippen molar-refractivity contribution in [3.8, 4) is 5.69 Å². The summed E-state index contributed by atoms with van der Waals surface area (Å²) in [5, 5.41) is 19.2. The SMILES string of the molecule is Cc1nn(-c2ccccc2)c(C)c1NC(=O)NC(C)(C)CO. The molecule has 6 nitrogen and oxygen atoms in total. The van der Waals surface area contributed by atoms with Gasteiger partial charge in [-0.15, -0.1) is 0 Å². The molecule has 2 rings (SSSR count). The molecule has 0 saturated heterocycles. The smallest absolute Gasteiger partial charge is 0.319 e. The van der Waals surface area contributed by atoms with Crippen LogP contribution < -0.4 is 10.6 Å². The van der Waals surface area contributed by atoms with Gasteiger partial charge in [-0.2, -0.15) is 5.10 Å². The molecule has 0 atom stereocenters. The van der Waals surface area contributed by atoms with Crippen LogP contribution in [-0.4, -0.2) is 33.1 Å². The molecule has 6 heteroatoms. The van der Waals surface area contributed by atoms with Gasteiger partial charge in [-0.1, -0.05) is 18.2 Å². The van der Waals surface area contributed by atoms with Crippen molar-refractivity contribution in [2.24, 2.45) is 0 Å². The number of rotatable bonds is 4. The van der Waals surface area contributed by atoms with Crippen LogP contribution in [0.1, 0.15) is 25.2 Å². The molecule has 0 radical (unpaired) electrons. The Morgan fingerprint density at radius 1 is 1.27 bits per heavy atom. The summed E-state index contributed by atoms with van der Waals surface area (Å²) in [4.78, 5) is 12.1. The number of benzene rings is 1. The molecule has 2 amide bonds. The molecule has 2 aromatic rings. The second-order valence-corrected chi connectivity index (χ2v) is 5.91. The number of aliphatic hydroxyl groups excluding tert-OH is 1. The highest BCUT2D eigenvalue weighted by molar-refractivity contribution is 5.91. The molecule has 1 heterocycles. The maximum atomic E-state index is 12.1. The van der Waals surface area contributed by atoms with Crippen LogP contribution >= 0.6 is 0 Å². The number of anilines is 1. The quantitative estimate of drug-likeness (QED) is 0.811. The fraction of sp³-hybridized carbons (Fsp3) is 0.375. The summed E-state index contributed by atoms with van der Waals surface area (Å²) >= 11 is 0. The van der Waals surface area contributed by atoms with Gasteiger partial charge < -0.3 is 15.7 Å². The zero-order valence-corrected chi connectivity index (χ0v) is 13.3. The van der Waals surface area contributed by atoms with E-state index >= 15 is 0 Å². The van der Waals surface area contributed by atoms with Crippen LogP contribution in [-0.2, 0) is 0 Å². The van der Waals surface area contributed by atoms with E-state index in [-0.39, 0.29) is 12.6 Å². The molecular formula is C16H22N4O2. The standard InChI is InChI=1S/C16H22N4O2/c1-11-14(17-15(22)18-16(3,4)10-21)12(2)20(19-11)13-8-6-5-7-9-13/h5-9,21H,10H2,1-4H3,(H2,17,18,22). The molecular weight excluding hydrogens is 280 g/mol. The van der Waals surface area contributed by atoms with E-state index in [2.05, 4.69) is 15.7 Å². The molecule has 0 aliphatic rings. The first kappa shape index (κ1) is 16.0. The largest absolute Gasteiger partial charge is 0.394 e. The van der Waals surface area contributed by atoms with E-state index in [9.17, 15) is 9.90 Å². The van der Waals surface area contributed by atoms with Crippen molar-refractivity contribution >= 4 is 11.7 Å². The first-order valence-electron chi connectivity index (χ1n) is 7.16. The predicted octanol–water partition coefficient (Wildman–Crippen LogP) is 2.38. The van der Waals surface area contributed by atoms with Gasteiger partial charge in [-0.3, -0.25) is 0 Å². The Morgan fingerprint density at radius 3 is 2.50 bits per heavy atom. The van der Waals surface area contributed by atoms with Crippen molar-refractivity contribution in [3.63, 3.8) is 0 Å². The molecule has 118 valence electrons. The third kappa shape index (κ3) is 3.46. The summed E-state index contributed by atoms with van der Waals surface area (Å²) in [6.45, 7) is 7.11. The number of aromatic nitrogens is 2. The summed E-state index contributed by atoms with van der Waals surface area (Å²) < 4.78 is 1.79. The lowest BCUT2D eigenvalue weighted by Gasteiger charge is -2.23. The average Bonchev–Trinajstić information content (AvgIpc) is 2.76. The molecule has 0 fully saturated rings. The van der Waals surface area contributed by atoms with E-state index in [4.69, 9.17) is 0 Å². The number of aryl methyl sites for hydroxylation is 1. The lowest BCUT2D eigenvalue weighted by molar-refractivity contribution is 0.187. The number of para-hydroxylation sites is 1. The first-order valence-corrected chi connectivity index (χ1v) is 7.16. The fourth-order valence-electron chi connectivity index (χ4n) is 2.14. The zero-order chi connectivity index (χ0) is 16.3. The summed E-state index contributed by atoms with van der Waals surface area (Å²) in [5.41, 5.74) is 2.52. The van der Waals surface area contributed by atoms with Crippen LogP contribution in [0.4, 0.5) is 10.5 Å². The van der Waals surface area contributed by atoms with Crippen LogP contribution in [0.2, 0.25) is 0 Å². The molecule has 0 spiro atoms. The zero-order valence-electron chi connectivity index (χ0n) is 13.3. The molecule has 0 aliphatic carbocycles. The Hall–Kier alpha value is -2.34. The lowest BCUT2D eigenvalue weighted by atomic mass is 10.1. The Morgan fingerprint density at radius 2 is 1.91 bits per heavy atom. The van der Waals surface area contributed by atoms with Gasteiger partial charge in [0.05, 0.1) is 34.9 Å². The second-order valence-electron chi connectivity index (χ2n) is 5.91. The van der Waals surface area contributed by atoms with Crippen molar-refractivity contribution in [2.45, 2.75) is 33.2 Å². The summed E-state index contributed by atoms with van der Waals surface area (Å²) in [6, 6.07) is 9.37. The topological polar surface area (TPSA) is 79.2 Å². The van der Waals surface area contributed by atoms with E-state index < -0.39 is 5.54 Å². The molecule has 0 saturated carbocycles. The Labute approximate surface area is 130 Å². The lowest BCUT2D eigenvalue weighted by Crippen LogP contribution is -2.48. The molecule has 0 aliphatic heterocycles. The minimum atomic E-state index is -0.679. The van der Waals surface area contributed by atoms with Crippen molar-refractivity contribution < 1.29 is 9.90 Å². The Bertz CT molecular complexity index is 662. The number of nitrogens with one attached hydrogen (secondary N) is 2. The van der Waals surface area contributed by atoms with Crippen LogP contribution in [0.3, 0.4) is 0 Å². The number of urea groups is 1. The number of hydrogen-bond donors (Lipinski definition) is 3. The number of hydrogen-bond acceptors (Lipinski definition) is 3. The van der Waals surface area contributed by atoms with E-state index in [0.29, 0.717) is 5.69 Å². The summed E-state index contributed by atoms with van der Waals surface area (Å²) in [7, 11) is 0. The molecule has 0 bridgehead atoms. The summed E-state index contributed by atoms with van der Waals surface area (Å²) in [6.07, 6.45) is 0. The Balaban J connectivity index is 2.23. The minimum absolute atomic E-state index is 0.137. The van der Waals surface area contributed by atoms with E-state index in [1.54, 1.807) is 18.5 Å². The number of aliphatic hydroxyl groups is 1. The maximum Gasteiger partial charge on any atom is 0.319 e. The van der Waals surface area contributed by atoms with Gasteiger partial charge in [-0.05, 0) is 39.8 Å². The number of carbonyl (C=O) groups excluding carboxylic acids is 1. The average molecular weight is 302 g/mol. The monoisotopic (exact) mass is 302 g/mol. The maximum absolute atomic E-state index is 12.1. The van der Waals surface area contributed by atoms with Crippen molar-refractivity contribution in [1.29, 1.82) is 0 Å². The first-order chi connectivity index (χ1) is 10.3. The number of amides is 2. The molecule has 1 aromatic carbocycles. The van der Waals surface area contributed by atoms with Crippen LogP contribution in [0, 0.1) is 13.8 Å². The van der Waals surface area contributed by atoms with Gasteiger partial charge in [0.25, 0.3) is 0 Å². The minimum Gasteiger partial charge on any atom is -0.394 e. The van der Waals surface area contributed by atoms with Crippen LogP contribution in [0.5, 0.6) is 0 Å². The van der Waals surface area contributed by atoms with Gasteiger partial charge in [0.15, 0.2) is 0 Å². The van der Waals surface area contributed by atoms with Crippen LogP contribution in [0.25, 0.3) is 5.69 Å². The van der Waals surface area contributed by atoms with E-state index in [1.165, 1.54) is 0 Å². The molecule has 22 heavy (non-hydrogen) atoms. The normalized spacial score (nSPS) is 11.3. The number of nitrogens with zero attached hydrogens (tertiary/aromatic N) is 2. The summed E-state index contributed by atoms with van der Waals surface area (Å²) in [5.74, 6) is 0. The van der Waals surface area contributed by atoms with Gasteiger partial charge in [0.2, 0.25) is 0 Å². The van der Waals surface area contributed by atoms with Gasteiger partial charge in [-0.25, -0.2) is 9.48 Å². The third-order valence-electron chi connectivity index (χ3n) is 3.38. The predicted molar refractivity (Wildman–Crippen MR) is 86.4 cm³/mol. The fourth-order valence-corrected chi connectivity index (χ4v) is 2.14. The van der Waals surface area contributed by atoms with Crippen molar-refractivity contribution in [3.05, 3.63) is 41.7 Å². The Kier molecular flexibility index (Phi) is 4.51. The third-order valence-corrected chi connectivity index (χ3v) is 3.38.